The van der Waals surface area contributed by atoms with Crippen LogP contribution in [0.2, 0.25) is 0 Å². The first kappa shape index (κ1) is 34.4. The van der Waals surface area contributed by atoms with E-state index < -0.39 is 43.6 Å². The monoisotopic (exact) mass is 344 g/mol. The van der Waals surface area contributed by atoms with Gasteiger partial charge in [0.15, 0.2) is 0 Å². The Hall–Kier alpha value is 1.03. The molecule has 0 aliphatic rings. The Kier molecular flexibility index (Phi) is 28.7. The number of aliphatic hydroxyl groups excluding tert-OH is 1. The molecule has 0 spiro atoms. The topological polar surface area (TPSA) is 179 Å². The van der Waals surface area contributed by atoms with E-state index in [2.05, 4.69) is 6.58 Å². The number of carboxylic acid groups (broad SMARTS) is 3. The van der Waals surface area contributed by atoms with Gasteiger partial charge >= 0.3 is 88.7 Å². The molecule has 0 rings (SSSR count). The summed E-state index contributed by atoms with van der Waals surface area (Å²) < 4.78 is 0. The van der Waals surface area contributed by atoms with Crippen molar-refractivity contribution in [2.24, 2.45) is 0 Å². The molecule has 4 N–H and O–H groups in total. The third kappa shape index (κ3) is 14.6. The molecule has 1 unspecified atom stereocenters. The number of hydrogen-bond acceptors (Lipinski definition) is 9. The van der Waals surface area contributed by atoms with E-state index >= 15 is 0 Å². The Bertz CT molecular complexity index is 352. The van der Waals surface area contributed by atoms with Crippen LogP contribution in [0.15, 0.2) is 12.2 Å². The number of hydrogen-bond donors (Lipinski definition) is 2. The number of rotatable bonds is 9. The average molecular weight is 344 g/mol. The van der Waals surface area contributed by atoms with Crippen molar-refractivity contribution in [3.05, 3.63) is 12.2 Å². The fourth-order valence-corrected chi connectivity index (χ4v) is 1.42. The van der Waals surface area contributed by atoms with E-state index in [0.717, 1.165) is 0 Å². The molecule has 0 bridgehead atoms. The summed E-state index contributed by atoms with van der Waals surface area (Å²) in [5, 5.41) is 40.4. The number of aliphatic carboxylic acids is 3. The minimum atomic E-state index is -1.71. The van der Waals surface area contributed by atoms with Crippen LogP contribution in [0.4, 0.5) is 0 Å². The molecular formula is C10H15N2Na3O7. The van der Waals surface area contributed by atoms with Gasteiger partial charge in [0.05, 0.1) is 23.9 Å². The van der Waals surface area contributed by atoms with Crippen LogP contribution < -0.4 is 110 Å². The molecule has 0 aliphatic heterocycles. The van der Waals surface area contributed by atoms with Crippen LogP contribution in [0.1, 0.15) is 6.42 Å². The van der Waals surface area contributed by atoms with E-state index in [1.165, 1.54) is 0 Å². The number of carbonyl (C=O) groups excluding carboxylic acids is 3. The SMILES string of the molecule is C=C(CCO)C(C(=O)[O-])N(CC(=O)[O-])CC(=O)[O-].N.[Na+].[Na+].[Na+]. The van der Waals surface area contributed by atoms with E-state index in [1.807, 2.05) is 0 Å². The van der Waals surface area contributed by atoms with Crippen molar-refractivity contribution in [3.63, 3.8) is 0 Å². The van der Waals surface area contributed by atoms with Crippen molar-refractivity contribution in [2.45, 2.75) is 12.5 Å². The van der Waals surface area contributed by atoms with Crippen LogP contribution in [0, 0.1) is 0 Å². The first-order valence-corrected chi connectivity index (χ1v) is 4.92. The molecule has 9 nitrogen and oxygen atoms in total. The van der Waals surface area contributed by atoms with Gasteiger partial charge in [-0.1, -0.05) is 12.2 Å². The molecule has 0 aromatic rings. The number of carbonyl (C=O) groups is 3. The fraction of sp³-hybridized carbons (Fsp3) is 0.500. The van der Waals surface area contributed by atoms with Crippen molar-refractivity contribution < 1.29 is 123 Å². The second-order valence-corrected chi connectivity index (χ2v) is 3.50. The Morgan fingerprint density at radius 3 is 1.59 bits per heavy atom. The van der Waals surface area contributed by atoms with E-state index in [-0.39, 0.29) is 107 Å². The zero-order chi connectivity index (χ0) is 14.3. The van der Waals surface area contributed by atoms with E-state index in [0.29, 0.717) is 4.90 Å². The molecular weight excluding hydrogens is 329 g/mol. The third-order valence-electron chi connectivity index (χ3n) is 2.07. The first-order valence-electron chi connectivity index (χ1n) is 4.92. The smallest absolute Gasteiger partial charge is 0.549 e. The van der Waals surface area contributed by atoms with Gasteiger partial charge in [-0.05, 0) is 6.42 Å². The van der Waals surface area contributed by atoms with Crippen LogP contribution in [-0.4, -0.2) is 53.7 Å². The minimum Gasteiger partial charge on any atom is -0.549 e. The number of nitrogens with zero attached hydrogens (tertiary/aromatic N) is 1. The molecule has 1 atom stereocenters. The molecule has 110 valence electrons. The maximum absolute atomic E-state index is 10.9. The molecule has 0 aliphatic carbocycles. The van der Waals surface area contributed by atoms with Crippen LogP contribution >= 0.6 is 0 Å². The van der Waals surface area contributed by atoms with Crippen molar-refractivity contribution in [1.29, 1.82) is 0 Å². The Labute approximate surface area is 194 Å². The maximum Gasteiger partial charge on any atom is 1.00 e. The zero-order valence-electron chi connectivity index (χ0n) is 13.2. The van der Waals surface area contributed by atoms with Gasteiger partial charge in [-0.25, -0.2) is 0 Å². The van der Waals surface area contributed by atoms with Crippen LogP contribution in [0.5, 0.6) is 0 Å². The van der Waals surface area contributed by atoms with Gasteiger partial charge in [0.2, 0.25) is 0 Å². The predicted molar refractivity (Wildman–Crippen MR) is 56.2 cm³/mol. The predicted octanol–water partition coefficient (Wildman–Crippen LogP) is -14.0. The Morgan fingerprint density at radius 2 is 1.36 bits per heavy atom. The van der Waals surface area contributed by atoms with E-state index in [9.17, 15) is 29.7 Å². The van der Waals surface area contributed by atoms with Crippen molar-refractivity contribution in [1.82, 2.24) is 11.1 Å². The minimum absolute atomic E-state index is 0. The molecule has 0 aromatic carbocycles. The summed E-state index contributed by atoms with van der Waals surface area (Å²) >= 11 is 0. The van der Waals surface area contributed by atoms with E-state index in [4.69, 9.17) is 5.11 Å². The normalized spacial score (nSPS) is 9.91. The second-order valence-electron chi connectivity index (χ2n) is 3.50. The zero-order valence-corrected chi connectivity index (χ0v) is 19.2. The maximum atomic E-state index is 10.9. The van der Waals surface area contributed by atoms with Gasteiger partial charge in [0, 0.05) is 19.7 Å². The molecule has 0 radical (unpaired) electrons. The second kappa shape index (κ2) is 18.4. The summed E-state index contributed by atoms with van der Waals surface area (Å²) in [6, 6.07) is -1.65. The third-order valence-corrected chi connectivity index (χ3v) is 2.07. The standard InChI is InChI=1S/C10H15NO7.H3N.3Na/c1-6(2-3-12)9(10(17)18)11(4-7(13)14)5-8(15)16;;;;/h9,12H,1-5H2,(H,13,14)(H,15,16)(H,17,18);1H3;;;/q;;3*+1/p-3. The quantitative estimate of drug-likeness (QED) is 0.303. The summed E-state index contributed by atoms with van der Waals surface area (Å²) in [7, 11) is 0. The first-order chi connectivity index (χ1) is 8.29. The van der Waals surface area contributed by atoms with Gasteiger partial charge in [-0.15, -0.1) is 0 Å². The fourth-order valence-electron chi connectivity index (χ4n) is 1.42. The van der Waals surface area contributed by atoms with Crippen LogP contribution in [-0.2, 0) is 14.4 Å². The summed E-state index contributed by atoms with van der Waals surface area (Å²) in [6.45, 7) is 1.08. The van der Waals surface area contributed by atoms with Crippen molar-refractivity contribution in [2.75, 3.05) is 19.7 Å². The largest absolute Gasteiger partial charge is 1.00 e. The summed E-state index contributed by atoms with van der Waals surface area (Å²) in [5.41, 5.74) is -0.0694. The molecule has 0 amide bonds. The molecule has 12 heteroatoms. The molecule has 22 heavy (non-hydrogen) atoms. The Morgan fingerprint density at radius 1 is 1.00 bits per heavy atom. The summed E-state index contributed by atoms with van der Waals surface area (Å²) in [4.78, 5) is 32.3. The molecule has 0 aromatic heterocycles. The Balaban J connectivity index is -0.000000241. The van der Waals surface area contributed by atoms with Crippen LogP contribution in [0.25, 0.3) is 0 Å². The number of carboxylic acids is 3. The molecule has 0 saturated heterocycles. The van der Waals surface area contributed by atoms with Gasteiger partial charge in [-0.3, -0.25) is 4.90 Å². The van der Waals surface area contributed by atoms with Gasteiger partial charge in [0.1, 0.15) is 0 Å². The number of aliphatic hydroxyl groups is 1. The van der Waals surface area contributed by atoms with Gasteiger partial charge in [0.25, 0.3) is 0 Å². The van der Waals surface area contributed by atoms with Gasteiger partial charge in [-0.2, -0.15) is 0 Å². The molecule has 0 fully saturated rings. The van der Waals surface area contributed by atoms with E-state index in [1.54, 1.807) is 0 Å². The summed E-state index contributed by atoms with van der Waals surface area (Å²) in [6.07, 6.45) is -0.130. The van der Waals surface area contributed by atoms with Crippen LogP contribution in [0.3, 0.4) is 0 Å². The van der Waals surface area contributed by atoms with Crippen molar-refractivity contribution >= 4 is 17.9 Å². The van der Waals surface area contributed by atoms with Gasteiger partial charge < -0.3 is 41.0 Å². The molecule has 0 heterocycles. The molecule has 0 saturated carbocycles. The summed E-state index contributed by atoms with van der Waals surface area (Å²) in [5.74, 6) is -5.02. The van der Waals surface area contributed by atoms with Crippen molar-refractivity contribution in [3.8, 4) is 0 Å². The average Bonchev–Trinajstić information content (AvgIpc) is 2.14.